The molecular weight excluding hydrogens is 302 g/mol. The largest absolute Gasteiger partial charge is 0.467 e. The zero-order chi connectivity index (χ0) is 12.1. The third-order valence-electron chi connectivity index (χ3n) is 2.48. The summed E-state index contributed by atoms with van der Waals surface area (Å²) in [6.45, 7) is 1.65. The van der Waals surface area contributed by atoms with Gasteiger partial charge in [0.15, 0.2) is 0 Å². The van der Waals surface area contributed by atoms with Gasteiger partial charge in [-0.3, -0.25) is 0 Å². The van der Waals surface area contributed by atoms with E-state index in [2.05, 4.69) is 21.2 Å². The Morgan fingerprint density at radius 3 is 2.59 bits per heavy atom. The van der Waals surface area contributed by atoms with Gasteiger partial charge in [0.05, 0.1) is 17.3 Å². The van der Waals surface area contributed by atoms with Gasteiger partial charge in [0, 0.05) is 5.02 Å². The molecule has 90 valence electrons. The molecule has 0 saturated heterocycles. The molecule has 0 aliphatic rings. The third-order valence-corrected chi connectivity index (χ3v) is 3.44. The first-order valence-electron chi connectivity index (χ1n) is 5.43. The summed E-state index contributed by atoms with van der Waals surface area (Å²) < 4.78 is 6.32. The van der Waals surface area contributed by atoms with Gasteiger partial charge < -0.3 is 9.73 Å². The van der Waals surface area contributed by atoms with Crippen molar-refractivity contribution in [2.24, 2.45) is 0 Å². The maximum absolute atomic E-state index is 5.82. The van der Waals surface area contributed by atoms with Gasteiger partial charge in [-0.05, 0) is 52.7 Å². The lowest BCUT2D eigenvalue weighted by atomic mass is 10.1. The molecule has 17 heavy (non-hydrogen) atoms. The lowest BCUT2D eigenvalue weighted by molar-refractivity contribution is 0.482. The molecule has 0 spiro atoms. The molecule has 1 N–H and O–H groups in total. The lowest BCUT2D eigenvalue weighted by Crippen LogP contribution is -2.16. The number of benzene rings is 1. The minimum Gasteiger partial charge on any atom is -0.467 e. The van der Waals surface area contributed by atoms with Crippen LogP contribution in [0.3, 0.4) is 0 Å². The zero-order valence-electron chi connectivity index (χ0n) is 9.25. The van der Waals surface area contributed by atoms with E-state index in [4.69, 9.17) is 16.0 Å². The molecule has 1 aromatic carbocycles. The Kier molecular flexibility index (Phi) is 4.66. The average molecular weight is 315 g/mol. The van der Waals surface area contributed by atoms with E-state index >= 15 is 0 Å². The van der Waals surface area contributed by atoms with E-state index in [1.165, 1.54) is 5.56 Å². The van der Waals surface area contributed by atoms with Crippen LogP contribution in [-0.2, 0) is 13.0 Å². The Hall–Kier alpha value is -0.770. The summed E-state index contributed by atoms with van der Waals surface area (Å²) in [5.74, 6) is 0.932. The van der Waals surface area contributed by atoms with Gasteiger partial charge in [-0.25, -0.2) is 0 Å². The molecule has 2 aromatic rings. The van der Waals surface area contributed by atoms with Gasteiger partial charge in [0.2, 0.25) is 0 Å². The molecule has 0 unspecified atom stereocenters. The van der Waals surface area contributed by atoms with Crippen molar-refractivity contribution in [3.05, 3.63) is 57.4 Å². The first-order chi connectivity index (χ1) is 8.25. The molecule has 0 saturated carbocycles. The summed E-state index contributed by atoms with van der Waals surface area (Å²) in [4.78, 5) is 0. The molecule has 0 aliphatic heterocycles. The molecule has 0 aliphatic carbocycles. The van der Waals surface area contributed by atoms with Gasteiger partial charge >= 0.3 is 0 Å². The lowest BCUT2D eigenvalue weighted by Gasteiger charge is -2.03. The smallest absolute Gasteiger partial charge is 0.131 e. The zero-order valence-corrected chi connectivity index (χ0v) is 11.6. The predicted octanol–water partition coefficient (Wildman–Crippen LogP) is 4.03. The normalized spacial score (nSPS) is 10.7. The molecular formula is C13H13BrClNO. The van der Waals surface area contributed by atoms with Crippen LogP contribution >= 0.6 is 27.5 Å². The van der Waals surface area contributed by atoms with Gasteiger partial charge in [0.25, 0.3) is 0 Å². The average Bonchev–Trinajstić information content (AvgIpc) is 2.73. The number of nitrogens with one attached hydrogen (secondary N) is 1. The van der Waals surface area contributed by atoms with E-state index in [1.807, 2.05) is 30.3 Å². The fourth-order valence-corrected chi connectivity index (χ4v) is 2.00. The van der Waals surface area contributed by atoms with E-state index in [1.54, 1.807) is 6.26 Å². The second kappa shape index (κ2) is 6.24. The van der Waals surface area contributed by atoms with Gasteiger partial charge in [-0.1, -0.05) is 23.7 Å². The summed E-state index contributed by atoms with van der Waals surface area (Å²) in [5.41, 5.74) is 1.28. The SMILES string of the molecule is Clc1ccc(CCNCc2occc2Br)cc1. The highest BCUT2D eigenvalue weighted by atomic mass is 79.9. The van der Waals surface area contributed by atoms with Crippen molar-refractivity contribution in [3.63, 3.8) is 0 Å². The minimum absolute atomic E-state index is 0.737. The molecule has 0 radical (unpaired) electrons. The fraction of sp³-hybridized carbons (Fsp3) is 0.231. The fourth-order valence-electron chi connectivity index (χ4n) is 1.54. The highest BCUT2D eigenvalue weighted by molar-refractivity contribution is 9.10. The summed E-state index contributed by atoms with van der Waals surface area (Å²) in [6.07, 6.45) is 2.66. The third kappa shape index (κ3) is 3.87. The van der Waals surface area contributed by atoms with Crippen molar-refractivity contribution in [2.75, 3.05) is 6.54 Å². The van der Waals surface area contributed by atoms with Gasteiger partial charge in [0.1, 0.15) is 5.76 Å². The molecule has 2 nitrogen and oxygen atoms in total. The molecule has 0 atom stereocenters. The van der Waals surface area contributed by atoms with E-state index in [0.29, 0.717) is 0 Å². The second-order valence-corrected chi connectivity index (χ2v) is 5.04. The number of rotatable bonds is 5. The molecule has 0 amide bonds. The maximum atomic E-state index is 5.82. The van der Waals surface area contributed by atoms with Crippen LogP contribution in [0.4, 0.5) is 0 Å². The van der Waals surface area contributed by atoms with Crippen molar-refractivity contribution >= 4 is 27.5 Å². The Labute approximate surface area is 114 Å². The van der Waals surface area contributed by atoms with E-state index < -0.39 is 0 Å². The quantitative estimate of drug-likeness (QED) is 0.843. The van der Waals surface area contributed by atoms with Crippen LogP contribution in [0.25, 0.3) is 0 Å². The van der Waals surface area contributed by atoms with Crippen LogP contribution in [-0.4, -0.2) is 6.54 Å². The highest BCUT2D eigenvalue weighted by Crippen LogP contribution is 2.16. The van der Waals surface area contributed by atoms with Crippen molar-refractivity contribution in [3.8, 4) is 0 Å². The standard InChI is InChI=1S/C13H13BrClNO/c14-12-6-8-17-13(12)9-16-7-5-10-1-3-11(15)4-2-10/h1-4,6,8,16H,5,7,9H2. The number of furan rings is 1. The first-order valence-corrected chi connectivity index (χ1v) is 6.60. The maximum Gasteiger partial charge on any atom is 0.131 e. The number of hydrogen-bond acceptors (Lipinski definition) is 2. The molecule has 1 heterocycles. The van der Waals surface area contributed by atoms with Crippen molar-refractivity contribution < 1.29 is 4.42 Å². The summed E-state index contributed by atoms with van der Waals surface area (Å²) in [5, 5.41) is 4.11. The summed E-state index contributed by atoms with van der Waals surface area (Å²) in [7, 11) is 0. The molecule has 2 rings (SSSR count). The van der Waals surface area contributed by atoms with Crippen LogP contribution in [0, 0.1) is 0 Å². The minimum atomic E-state index is 0.737. The highest BCUT2D eigenvalue weighted by Gasteiger charge is 2.01. The predicted molar refractivity (Wildman–Crippen MR) is 73.3 cm³/mol. The number of hydrogen-bond donors (Lipinski definition) is 1. The Morgan fingerprint density at radius 1 is 1.18 bits per heavy atom. The van der Waals surface area contributed by atoms with Gasteiger partial charge in [-0.2, -0.15) is 0 Å². The Balaban J connectivity index is 1.73. The van der Waals surface area contributed by atoms with Crippen LogP contribution in [0.1, 0.15) is 11.3 Å². The van der Waals surface area contributed by atoms with E-state index in [9.17, 15) is 0 Å². The molecule has 0 fully saturated rings. The molecule has 4 heteroatoms. The first kappa shape index (κ1) is 12.7. The topological polar surface area (TPSA) is 25.2 Å². The van der Waals surface area contributed by atoms with Crippen molar-refractivity contribution in [1.82, 2.24) is 5.32 Å². The second-order valence-electron chi connectivity index (χ2n) is 3.74. The molecule has 0 bridgehead atoms. The van der Waals surface area contributed by atoms with Crippen LogP contribution < -0.4 is 5.32 Å². The molecule has 1 aromatic heterocycles. The van der Waals surface area contributed by atoms with Crippen molar-refractivity contribution in [1.29, 1.82) is 0 Å². The van der Waals surface area contributed by atoms with Gasteiger partial charge in [-0.15, -0.1) is 0 Å². The van der Waals surface area contributed by atoms with E-state index in [-0.39, 0.29) is 0 Å². The van der Waals surface area contributed by atoms with Crippen LogP contribution in [0.15, 0.2) is 45.5 Å². The van der Waals surface area contributed by atoms with Crippen LogP contribution in [0.5, 0.6) is 0 Å². The van der Waals surface area contributed by atoms with Crippen molar-refractivity contribution in [2.45, 2.75) is 13.0 Å². The Morgan fingerprint density at radius 2 is 1.94 bits per heavy atom. The monoisotopic (exact) mass is 313 g/mol. The Bertz CT molecular complexity index is 467. The van der Waals surface area contributed by atoms with Crippen LogP contribution in [0.2, 0.25) is 5.02 Å². The summed E-state index contributed by atoms with van der Waals surface area (Å²) in [6, 6.07) is 9.83. The summed E-state index contributed by atoms with van der Waals surface area (Å²) >= 11 is 9.25. The van der Waals surface area contributed by atoms with E-state index in [0.717, 1.165) is 34.8 Å². The number of halogens is 2.